The molecule has 0 bridgehead atoms. The molecule has 9 heteroatoms. The molecule has 0 aliphatic rings. The first-order valence-electron chi connectivity index (χ1n) is 3.81. The Hall–Kier alpha value is -1.15. The van der Waals surface area contributed by atoms with Gasteiger partial charge in [-0.15, -0.1) is 0 Å². The first kappa shape index (κ1) is 12.9. The Morgan fingerprint density at radius 3 is 2.44 bits per heavy atom. The Kier molecular flexibility index (Phi) is 3.54. The number of alkyl halides is 2. The maximum absolute atomic E-state index is 12.5. The Labute approximate surface area is 93.4 Å². The zero-order valence-corrected chi connectivity index (χ0v) is 9.40. The lowest BCUT2D eigenvalue weighted by Gasteiger charge is -2.09. The summed E-state index contributed by atoms with van der Waals surface area (Å²) in [4.78, 5) is 12.2. The summed E-state index contributed by atoms with van der Waals surface area (Å²) >= 11 is 0. The lowest BCUT2D eigenvalue weighted by Crippen LogP contribution is -2.16. The fourth-order valence-electron chi connectivity index (χ4n) is 1.10. The molecule has 1 aromatic heterocycles. The molecule has 1 rings (SSSR count). The third kappa shape index (κ3) is 2.33. The zero-order valence-electron chi connectivity index (χ0n) is 7.83. The minimum atomic E-state index is -4.27. The maximum atomic E-state index is 12.5. The topological polar surface area (TPSA) is 76.2 Å². The molecular formula is C7H6ClF2NO4S. The zero-order chi connectivity index (χ0) is 12.5. The quantitative estimate of drug-likeness (QED) is 0.841. The van der Waals surface area contributed by atoms with Gasteiger partial charge in [0.15, 0.2) is 5.75 Å². The van der Waals surface area contributed by atoms with Crippen molar-refractivity contribution < 1.29 is 21.9 Å². The van der Waals surface area contributed by atoms with Crippen molar-refractivity contribution in [2.24, 2.45) is 0 Å². The van der Waals surface area contributed by atoms with Gasteiger partial charge in [0, 0.05) is 16.9 Å². The molecule has 5 nitrogen and oxygen atoms in total. The Balaban J connectivity index is 3.70. The minimum Gasteiger partial charge on any atom is -0.495 e. The second kappa shape index (κ2) is 4.38. The third-order valence-corrected chi connectivity index (χ3v) is 3.06. The summed E-state index contributed by atoms with van der Waals surface area (Å²) < 4.78 is 51.5. The van der Waals surface area contributed by atoms with Gasteiger partial charge in [-0.1, -0.05) is 0 Å². The van der Waals surface area contributed by atoms with Gasteiger partial charge < -0.3 is 9.72 Å². The lowest BCUT2D eigenvalue weighted by molar-refractivity contribution is 0.144. The normalized spacial score (nSPS) is 11.8. The summed E-state index contributed by atoms with van der Waals surface area (Å²) in [6.45, 7) is 0. The summed E-state index contributed by atoms with van der Waals surface area (Å²) in [7, 11) is 1.69. The van der Waals surface area contributed by atoms with Crippen LogP contribution >= 0.6 is 10.7 Å². The molecule has 90 valence electrons. The summed E-state index contributed by atoms with van der Waals surface area (Å²) in [5, 5.41) is 0. The fraction of sp³-hybridized carbons (Fsp3) is 0.286. The Morgan fingerprint density at radius 2 is 2.06 bits per heavy atom. The molecular weight excluding hydrogens is 268 g/mol. The SMILES string of the molecule is COc1c(S(=O)(=O)Cl)c[nH]c(=O)c1C(F)F. The van der Waals surface area contributed by atoms with Gasteiger partial charge in [-0.2, -0.15) is 0 Å². The fourth-order valence-corrected chi connectivity index (χ4v) is 2.06. The number of rotatable bonds is 3. The van der Waals surface area contributed by atoms with Gasteiger partial charge in [0.2, 0.25) is 0 Å². The van der Waals surface area contributed by atoms with E-state index in [2.05, 4.69) is 4.74 Å². The number of H-pyrrole nitrogens is 1. The van der Waals surface area contributed by atoms with Gasteiger partial charge >= 0.3 is 0 Å². The monoisotopic (exact) mass is 273 g/mol. The average molecular weight is 274 g/mol. The van der Waals surface area contributed by atoms with Crippen LogP contribution in [0.15, 0.2) is 15.9 Å². The Bertz CT molecular complexity index is 554. The van der Waals surface area contributed by atoms with Crippen molar-refractivity contribution in [2.45, 2.75) is 11.3 Å². The number of ether oxygens (including phenoxy) is 1. The van der Waals surface area contributed by atoms with Gasteiger partial charge in [0.1, 0.15) is 10.5 Å². The van der Waals surface area contributed by atoms with Crippen LogP contribution in [-0.4, -0.2) is 20.5 Å². The smallest absolute Gasteiger partial charge is 0.272 e. The van der Waals surface area contributed by atoms with Crippen LogP contribution in [-0.2, 0) is 9.05 Å². The van der Waals surface area contributed by atoms with Gasteiger partial charge in [-0.3, -0.25) is 4.79 Å². The summed E-state index contributed by atoms with van der Waals surface area (Å²) in [6, 6.07) is 0. The molecule has 0 spiro atoms. The first-order chi connectivity index (χ1) is 7.29. The number of aromatic nitrogens is 1. The molecule has 0 fully saturated rings. The number of hydrogen-bond acceptors (Lipinski definition) is 4. The van der Waals surface area contributed by atoms with Gasteiger partial charge in [-0.05, 0) is 0 Å². The lowest BCUT2D eigenvalue weighted by atomic mass is 10.2. The highest BCUT2D eigenvalue weighted by Crippen LogP contribution is 2.32. The third-order valence-electron chi connectivity index (χ3n) is 1.73. The molecule has 1 N–H and O–H groups in total. The van der Waals surface area contributed by atoms with Crippen LogP contribution in [0.3, 0.4) is 0 Å². The maximum Gasteiger partial charge on any atom is 0.272 e. The largest absolute Gasteiger partial charge is 0.495 e. The van der Waals surface area contributed by atoms with E-state index in [0.29, 0.717) is 6.20 Å². The minimum absolute atomic E-state index is 0.702. The molecule has 16 heavy (non-hydrogen) atoms. The van der Waals surface area contributed by atoms with E-state index in [0.717, 1.165) is 7.11 Å². The molecule has 0 aliphatic heterocycles. The van der Waals surface area contributed by atoms with Crippen LogP contribution in [0.25, 0.3) is 0 Å². The van der Waals surface area contributed by atoms with Gasteiger partial charge in [-0.25, -0.2) is 17.2 Å². The molecule has 0 unspecified atom stereocenters. The van der Waals surface area contributed by atoms with E-state index in [-0.39, 0.29) is 0 Å². The van der Waals surface area contributed by atoms with Crippen molar-refractivity contribution in [3.8, 4) is 5.75 Å². The number of nitrogens with one attached hydrogen (secondary N) is 1. The highest BCUT2D eigenvalue weighted by atomic mass is 35.7. The van der Waals surface area contributed by atoms with Crippen molar-refractivity contribution in [3.05, 3.63) is 22.1 Å². The van der Waals surface area contributed by atoms with Crippen molar-refractivity contribution in [3.63, 3.8) is 0 Å². The molecule has 0 aromatic carbocycles. The van der Waals surface area contributed by atoms with Crippen LogP contribution in [0.4, 0.5) is 8.78 Å². The predicted octanol–water partition coefficient (Wildman–Crippen LogP) is 1.25. The molecule has 1 aromatic rings. The van der Waals surface area contributed by atoms with E-state index in [1.165, 1.54) is 0 Å². The van der Waals surface area contributed by atoms with Crippen molar-refractivity contribution in [2.75, 3.05) is 7.11 Å². The van der Waals surface area contributed by atoms with Crippen molar-refractivity contribution in [1.82, 2.24) is 4.98 Å². The van der Waals surface area contributed by atoms with E-state index in [4.69, 9.17) is 10.7 Å². The van der Waals surface area contributed by atoms with Crippen LogP contribution in [0.1, 0.15) is 12.0 Å². The highest BCUT2D eigenvalue weighted by molar-refractivity contribution is 8.13. The first-order valence-corrected chi connectivity index (χ1v) is 6.12. The summed E-state index contributed by atoms with van der Waals surface area (Å²) in [5.41, 5.74) is -2.19. The second-order valence-electron chi connectivity index (χ2n) is 2.67. The van der Waals surface area contributed by atoms with Crippen molar-refractivity contribution >= 4 is 19.7 Å². The van der Waals surface area contributed by atoms with E-state index in [9.17, 15) is 22.0 Å². The standard InChI is InChI=1S/C7H6ClF2NO4S/c1-15-5-3(16(8,13)14)2-11-7(12)4(5)6(9)10/h2,6H,1H3,(H,11,12). The van der Waals surface area contributed by atoms with E-state index >= 15 is 0 Å². The Morgan fingerprint density at radius 1 is 1.50 bits per heavy atom. The summed E-state index contributed by atoms with van der Waals surface area (Å²) in [6.07, 6.45) is -2.47. The van der Waals surface area contributed by atoms with Crippen molar-refractivity contribution in [1.29, 1.82) is 0 Å². The molecule has 0 saturated heterocycles. The predicted molar refractivity (Wildman–Crippen MR) is 51.6 cm³/mol. The molecule has 0 amide bonds. The molecule has 0 aliphatic carbocycles. The van der Waals surface area contributed by atoms with Crippen LogP contribution < -0.4 is 10.3 Å². The van der Waals surface area contributed by atoms with E-state index in [1.807, 2.05) is 4.98 Å². The van der Waals surface area contributed by atoms with Crippen LogP contribution in [0, 0.1) is 0 Å². The molecule has 0 saturated carbocycles. The molecule has 0 radical (unpaired) electrons. The second-order valence-corrected chi connectivity index (χ2v) is 5.20. The van der Waals surface area contributed by atoms with Gasteiger partial charge in [0.05, 0.1) is 7.11 Å². The van der Waals surface area contributed by atoms with Crippen LogP contribution in [0.2, 0.25) is 0 Å². The van der Waals surface area contributed by atoms with Gasteiger partial charge in [0.25, 0.3) is 21.0 Å². The number of aromatic amines is 1. The molecule has 1 heterocycles. The highest BCUT2D eigenvalue weighted by Gasteiger charge is 2.26. The number of pyridine rings is 1. The number of hydrogen-bond donors (Lipinski definition) is 1. The number of methoxy groups -OCH3 is 1. The number of halogens is 3. The average Bonchev–Trinajstić information content (AvgIpc) is 2.14. The summed E-state index contributed by atoms with van der Waals surface area (Å²) in [5.74, 6) is -0.742. The van der Waals surface area contributed by atoms with Crippen LogP contribution in [0.5, 0.6) is 5.75 Å². The van der Waals surface area contributed by atoms with E-state index < -0.39 is 37.2 Å². The van der Waals surface area contributed by atoms with E-state index in [1.54, 1.807) is 0 Å². The molecule has 0 atom stereocenters.